The molecule has 5 rings (SSSR count). The number of fused-ring (bicyclic) bond motifs is 1. The molecule has 1 aliphatic heterocycles. The zero-order valence-electron chi connectivity index (χ0n) is 22.3. The zero-order valence-corrected chi connectivity index (χ0v) is 23.1. The molecule has 1 aliphatic carbocycles. The largest absolute Gasteiger partial charge is 0.303 e. The minimum absolute atomic E-state index is 0.00960. The number of benzene rings is 2. The van der Waals surface area contributed by atoms with Crippen LogP contribution in [0.25, 0.3) is 0 Å². The first-order valence-electron chi connectivity index (χ1n) is 13.8. The van der Waals surface area contributed by atoms with E-state index in [4.69, 9.17) is 0 Å². The minimum atomic E-state index is -3.62. The van der Waals surface area contributed by atoms with Crippen molar-refractivity contribution in [3.05, 3.63) is 88.5 Å². The van der Waals surface area contributed by atoms with Gasteiger partial charge < -0.3 is 4.90 Å². The van der Waals surface area contributed by atoms with Crippen LogP contribution < -0.4 is 0 Å². The molecule has 2 aliphatic rings. The molecule has 1 aromatic heterocycles. The van der Waals surface area contributed by atoms with Gasteiger partial charge in [0.15, 0.2) is 5.78 Å². The summed E-state index contributed by atoms with van der Waals surface area (Å²) in [4.78, 5) is 15.6. The van der Waals surface area contributed by atoms with Gasteiger partial charge in [0.1, 0.15) is 5.82 Å². The maximum Gasteiger partial charge on any atom is 0.268 e. The summed E-state index contributed by atoms with van der Waals surface area (Å²) in [5.74, 6) is 0.347. The van der Waals surface area contributed by atoms with E-state index in [2.05, 4.69) is 11.8 Å². The van der Waals surface area contributed by atoms with Gasteiger partial charge in [-0.2, -0.15) is 0 Å². The zero-order chi connectivity index (χ0) is 26.9. The number of nitrogens with zero attached hydrogens (tertiary/aromatic N) is 2. The third-order valence-corrected chi connectivity index (χ3v) is 10.4. The molecule has 7 heteroatoms. The third-order valence-electron chi connectivity index (χ3n) is 8.56. The maximum absolute atomic E-state index is 13.6. The van der Waals surface area contributed by atoms with Crippen LogP contribution in [0.2, 0.25) is 0 Å². The standard InChI is InChI=1S/C31H37FN2O3S/c1-3-28-22(2)34(38(36,37)27-7-5-4-6-8-27)30-14-9-23(21-29(28)30)15-18-33-19-16-25(17-20-33)31(35)24-10-12-26(32)13-11-24/h4-8,10-13,23,25H,3,9,14-21H2,1-2H3. The molecular weight excluding hydrogens is 499 g/mol. The fourth-order valence-electron chi connectivity index (χ4n) is 6.44. The number of halogens is 1. The maximum atomic E-state index is 13.6. The van der Waals surface area contributed by atoms with Gasteiger partial charge >= 0.3 is 0 Å². The molecule has 38 heavy (non-hydrogen) atoms. The summed E-state index contributed by atoms with van der Waals surface area (Å²) in [6.07, 6.45) is 6.28. The molecular formula is C31H37FN2O3S. The molecule has 0 saturated carbocycles. The molecule has 0 spiro atoms. The SMILES string of the molecule is CCc1c2c(n(S(=O)(=O)c3ccccc3)c1C)CCC(CCN1CCC(C(=O)c3ccc(F)cc3)CC1)C2. The van der Waals surface area contributed by atoms with E-state index in [-0.39, 0.29) is 17.5 Å². The van der Waals surface area contributed by atoms with E-state index >= 15 is 0 Å². The Morgan fingerprint density at radius 1 is 1.00 bits per heavy atom. The van der Waals surface area contributed by atoms with E-state index in [0.29, 0.717) is 16.4 Å². The number of likely N-dealkylation sites (tertiary alicyclic amines) is 1. The van der Waals surface area contributed by atoms with E-state index in [1.807, 2.05) is 13.0 Å². The van der Waals surface area contributed by atoms with Crippen LogP contribution in [0.5, 0.6) is 0 Å². The van der Waals surface area contributed by atoms with Crippen molar-refractivity contribution in [3.8, 4) is 0 Å². The van der Waals surface area contributed by atoms with Gasteiger partial charge in [-0.15, -0.1) is 0 Å². The number of hydrogen-bond acceptors (Lipinski definition) is 4. The van der Waals surface area contributed by atoms with E-state index < -0.39 is 10.0 Å². The lowest BCUT2D eigenvalue weighted by Gasteiger charge is -2.33. The van der Waals surface area contributed by atoms with Gasteiger partial charge in [0.25, 0.3) is 10.0 Å². The molecule has 1 atom stereocenters. The lowest BCUT2D eigenvalue weighted by molar-refractivity contribution is 0.0834. The summed E-state index contributed by atoms with van der Waals surface area (Å²) in [5, 5.41) is 0. The van der Waals surface area contributed by atoms with Crippen LogP contribution in [-0.4, -0.2) is 42.7 Å². The van der Waals surface area contributed by atoms with Crippen LogP contribution in [-0.2, 0) is 29.3 Å². The third kappa shape index (κ3) is 5.23. The van der Waals surface area contributed by atoms with Crippen molar-refractivity contribution in [2.24, 2.45) is 11.8 Å². The van der Waals surface area contributed by atoms with Gasteiger partial charge in [-0.1, -0.05) is 25.1 Å². The number of hydrogen-bond donors (Lipinski definition) is 0. The molecule has 3 aromatic rings. The smallest absolute Gasteiger partial charge is 0.268 e. The number of carbonyl (C=O) groups is 1. The van der Waals surface area contributed by atoms with Crippen LogP contribution in [0.4, 0.5) is 4.39 Å². The van der Waals surface area contributed by atoms with E-state index in [1.165, 1.54) is 23.3 Å². The second-order valence-electron chi connectivity index (χ2n) is 10.8. The van der Waals surface area contributed by atoms with E-state index in [1.54, 1.807) is 40.4 Å². The molecule has 5 nitrogen and oxygen atoms in total. The normalized spacial score (nSPS) is 18.9. The van der Waals surface area contributed by atoms with Crippen LogP contribution >= 0.6 is 0 Å². The number of carbonyl (C=O) groups excluding carboxylic acids is 1. The van der Waals surface area contributed by atoms with Crippen LogP contribution in [0.1, 0.15) is 65.5 Å². The molecule has 0 bridgehead atoms. The Kier molecular flexibility index (Phi) is 7.87. The lowest BCUT2D eigenvalue weighted by atomic mass is 9.83. The summed E-state index contributed by atoms with van der Waals surface area (Å²) < 4.78 is 42.0. The monoisotopic (exact) mass is 536 g/mol. The van der Waals surface area contributed by atoms with E-state index in [0.717, 1.165) is 76.0 Å². The highest BCUT2D eigenvalue weighted by atomic mass is 32.2. The van der Waals surface area contributed by atoms with Crippen molar-refractivity contribution in [1.82, 2.24) is 8.87 Å². The first-order chi connectivity index (χ1) is 18.3. The summed E-state index contributed by atoms with van der Waals surface area (Å²) in [5.41, 5.74) is 4.86. The fraction of sp³-hybridized carbons (Fsp3) is 0.452. The fourth-order valence-corrected chi connectivity index (χ4v) is 8.11. The van der Waals surface area contributed by atoms with Gasteiger partial charge in [-0.05, 0) is 125 Å². The average Bonchev–Trinajstić information content (AvgIpc) is 3.23. The Labute approximate surface area is 225 Å². The van der Waals surface area contributed by atoms with Gasteiger partial charge in [0.2, 0.25) is 0 Å². The van der Waals surface area contributed by atoms with Crippen molar-refractivity contribution in [1.29, 1.82) is 0 Å². The predicted molar refractivity (Wildman–Crippen MR) is 148 cm³/mol. The van der Waals surface area contributed by atoms with E-state index in [9.17, 15) is 17.6 Å². The van der Waals surface area contributed by atoms with Gasteiger partial charge in [0, 0.05) is 22.9 Å². The van der Waals surface area contributed by atoms with Gasteiger partial charge in [-0.3, -0.25) is 4.79 Å². The summed E-state index contributed by atoms with van der Waals surface area (Å²) in [6.45, 7) is 6.87. The Morgan fingerprint density at radius 3 is 2.34 bits per heavy atom. The number of Topliss-reactive ketones (excluding diaryl/α,β-unsaturated/α-hetero) is 1. The molecule has 0 amide bonds. The van der Waals surface area contributed by atoms with Crippen molar-refractivity contribution in [2.45, 2.75) is 63.7 Å². The predicted octanol–water partition coefficient (Wildman–Crippen LogP) is 5.82. The molecule has 1 saturated heterocycles. The van der Waals surface area contributed by atoms with Crippen LogP contribution in [0, 0.1) is 24.6 Å². The number of ketones is 1. The topological polar surface area (TPSA) is 59.4 Å². The summed E-state index contributed by atoms with van der Waals surface area (Å²) in [6, 6.07) is 14.6. The molecule has 2 aromatic carbocycles. The molecule has 0 radical (unpaired) electrons. The van der Waals surface area contributed by atoms with Crippen molar-refractivity contribution in [2.75, 3.05) is 19.6 Å². The summed E-state index contributed by atoms with van der Waals surface area (Å²) in [7, 11) is -3.62. The molecule has 1 unspecified atom stereocenters. The quantitative estimate of drug-likeness (QED) is 0.340. The highest BCUT2D eigenvalue weighted by molar-refractivity contribution is 7.90. The molecule has 202 valence electrons. The molecule has 0 N–H and O–H groups in total. The second-order valence-corrected chi connectivity index (χ2v) is 12.6. The van der Waals surface area contributed by atoms with Gasteiger partial charge in [-0.25, -0.2) is 16.8 Å². The van der Waals surface area contributed by atoms with Crippen LogP contribution in [0.3, 0.4) is 0 Å². The summed E-state index contributed by atoms with van der Waals surface area (Å²) >= 11 is 0. The first kappa shape index (κ1) is 26.8. The Balaban J connectivity index is 1.21. The van der Waals surface area contributed by atoms with Crippen LogP contribution in [0.15, 0.2) is 59.5 Å². The highest BCUT2D eigenvalue weighted by Crippen LogP contribution is 2.36. The molecule has 1 fully saturated rings. The van der Waals surface area contributed by atoms with Crippen molar-refractivity contribution >= 4 is 15.8 Å². The van der Waals surface area contributed by atoms with Crippen molar-refractivity contribution in [3.63, 3.8) is 0 Å². The lowest BCUT2D eigenvalue weighted by Crippen LogP contribution is -2.37. The highest BCUT2D eigenvalue weighted by Gasteiger charge is 2.32. The van der Waals surface area contributed by atoms with Gasteiger partial charge in [0.05, 0.1) is 4.90 Å². The Hall–Kier alpha value is -2.77. The minimum Gasteiger partial charge on any atom is -0.303 e. The second kappa shape index (κ2) is 11.1. The average molecular weight is 537 g/mol. The molecule has 2 heterocycles. The van der Waals surface area contributed by atoms with Crippen molar-refractivity contribution < 1.29 is 17.6 Å². The Morgan fingerprint density at radius 2 is 1.68 bits per heavy atom. The Bertz CT molecular complexity index is 1390. The number of rotatable bonds is 8. The number of aromatic nitrogens is 1. The number of piperidine rings is 1. The first-order valence-corrected chi connectivity index (χ1v) is 15.3.